The SMILES string of the molecule is Cc1ccc(S(=O)(=O)N[C@@H]2/C=C\C=C[C@H](CO)[C@@H]3C=C[C@H]2C3)cc1. The Morgan fingerprint density at radius 2 is 1.71 bits per heavy atom. The average molecular weight is 345 g/mol. The largest absolute Gasteiger partial charge is 0.396 e. The van der Waals surface area contributed by atoms with Crippen LogP contribution in [0.2, 0.25) is 0 Å². The number of aliphatic hydroxyl groups is 1. The van der Waals surface area contributed by atoms with Gasteiger partial charge in [-0.1, -0.05) is 54.2 Å². The third-order valence-corrected chi connectivity index (χ3v) is 6.26. The Morgan fingerprint density at radius 3 is 2.42 bits per heavy atom. The Morgan fingerprint density at radius 1 is 1.04 bits per heavy atom. The minimum Gasteiger partial charge on any atom is -0.396 e. The van der Waals surface area contributed by atoms with Crippen molar-refractivity contribution < 1.29 is 13.5 Å². The van der Waals surface area contributed by atoms with Crippen molar-refractivity contribution in [2.45, 2.75) is 24.3 Å². The van der Waals surface area contributed by atoms with E-state index >= 15 is 0 Å². The molecule has 0 spiro atoms. The van der Waals surface area contributed by atoms with Crippen molar-refractivity contribution in [3.05, 3.63) is 66.3 Å². The lowest BCUT2D eigenvalue weighted by Gasteiger charge is -2.23. The lowest BCUT2D eigenvalue weighted by atomic mass is 9.89. The molecule has 0 heterocycles. The molecule has 128 valence electrons. The van der Waals surface area contributed by atoms with Crippen LogP contribution in [0.15, 0.2) is 65.6 Å². The van der Waals surface area contributed by atoms with Crippen LogP contribution in [0.5, 0.6) is 0 Å². The van der Waals surface area contributed by atoms with Crippen LogP contribution in [0.3, 0.4) is 0 Å². The van der Waals surface area contributed by atoms with Crippen LogP contribution in [-0.4, -0.2) is 26.2 Å². The Hall–Kier alpha value is -1.69. The molecule has 24 heavy (non-hydrogen) atoms. The lowest BCUT2D eigenvalue weighted by molar-refractivity contribution is 0.218. The van der Waals surface area contributed by atoms with Crippen LogP contribution in [0.4, 0.5) is 0 Å². The van der Waals surface area contributed by atoms with E-state index in [2.05, 4.69) is 16.9 Å². The highest BCUT2D eigenvalue weighted by Gasteiger charge is 2.31. The van der Waals surface area contributed by atoms with Gasteiger partial charge in [0.1, 0.15) is 0 Å². The monoisotopic (exact) mass is 345 g/mol. The summed E-state index contributed by atoms with van der Waals surface area (Å²) < 4.78 is 28.2. The molecule has 0 fully saturated rings. The maximum atomic E-state index is 12.7. The van der Waals surface area contributed by atoms with E-state index in [0.717, 1.165) is 12.0 Å². The molecule has 0 saturated carbocycles. The summed E-state index contributed by atoms with van der Waals surface area (Å²) in [5.74, 6) is 0.436. The minimum atomic E-state index is -3.57. The van der Waals surface area contributed by atoms with Gasteiger partial charge in [0, 0.05) is 18.6 Å². The lowest BCUT2D eigenvalue weighted by Crippen LogP contribution is -2.38. The second-order valence-electron chi connectivity index (χ2n) is 6.52. The maximum absolute atomic E-state index is 12.7. The predicted molar refractivity (Wildman–Crippen MR) is 94.9 cm³/mol. The molecular weight excluding hydrogens is 322 g/mol. The van der Waals surface area contributed by atoms with E-state index in [-0.39, 0.29) is 35.3 Å². The van der Waals surface area contributed by atoms with Crippen molar-refractivity contribution in [3.8, 4) is 0 Å². The Labute approximate surface area is 143 Å². The van der Waals surface area contributed by atoms with E-state index in [1.807, 2.05) is 31.2 Å². The smallest absolute Gasteiger partial charge is 0.241 e. The molecule has 1 aromatic rings. The Kier molecular flexibility index (Phi) is 5.04. The normalized spacial score (nSPS) is 30.6. The first-order valence-corrected chi connectivity index (χ1v) is 9.71. The summed E-state index contributed by atoms with van der Waals surface area (Å²) in [6.07, 6.45) is 12.6. The Balaban J connectivity index is 1.82. The molecule has 0 radical (unpaired) electrons. The fourth-order valence-corrected chi connectivity index (χ4v) is 4.55. The van der Waals surface area contributed by atoms with Gasteiger partial charge in [0.25, 0.3) is 0 Å². The minimum absolute atomic E-state index is 0.0864. The Bertz CT molecular complexity index is 762. The first-order chi connectivity index (χ1) is 11.5. The number of rotatable bonds is 4. The number of benzene rings is 1. The highest BCUT2D eigenvalue weighted by Crippen LogP contribution is 2.34. The van der Waals surface area contributed by atoms with Gasteiger partial charge in [-0.25, -0.2) is 13.1 Å². The molecule has 2 aliphatic carbocycles. The van der Waals surface area contributed by atoms with Crippen molar-refractivity contribution in [2.75, 3.05) is 6.61 Å². The number of sulfonamides is 1. The van der Waals surface area contributed by atoms with Gasteiger partial charge in [-0.3, -0.25) is 0 Å². The number of aliphatic hydroxyl groups excluding tert-OH is 1. The van der Waals surface area contributed by atoms with Crippen molar-refractivity contribution in [1.82, 2.24) is 4.72 Å². The molecule has 5 heteroatoms. The first-order valence-electron chi connectivity index (χ1n) is 8.23. The molecular formula is C19H23NO3S. The van der Waals surface area contributed by atoms with Gasteiger partial charge in [-0.2, -0.15) is 0 Å². The summed E-state index contributed by atoms with van der Waals surface area (Å²) in [5.41, 5.74) is 1.03. The molecule has 1 aromatic carbocycles. The van der Waals surface area contributed by atoms with Gasteiger partial charge in [0.05, 0.1) is 4.90 Å². The number of fused-ring (bicyclic) bond motifs is 2. The van der Waals surface area contributed by atoms with Crippen molar-refractivity contribution in [3.63, 3.8) is 0 Å². The molecule has 2 bridgehead atoms. The van der Waals surface area contributed by atoms with Crippen molar-refractivity contribution in [2.24, 2.45) is 17.8 Å². The summed E-state index contributed by atoms with van der Waals surface area (Å²) in [6, 6.07) is 6.57. The average Bonchev–Trinajstić information content (AvgIpc) is 3.05. The zero-order valence-electron chi connectivity index (χ0n) is 13.7. The molecule has 3 rings (SSSR count). The number of hydrogen-bond acceptors (Lipinski definition) is 3. The van der Waals surface area contributed by atoms with Crippen molar-refractivity contribution >= 4 is 10.0 Å². The van der Waals surface area contributed by atoms with Crippen LogP contribution < -0.4 is 4.72 Å². The summed E-state index contributed by atoms with van der Waals surface area (Å²) in [6.45, 7) is 2.03. The second kappa shape index (κ2) is 7.05. The van der Waals surface area contributed by atoms with Gasteiger partial charge in [0.15, 0.2) is 0 Å². The number of allylic oxidation sites excluding steroid dienone is 3. The molecule has 2 aliphatic rings. The molecule has 0 aliphatic heterocycles. The third-order valence-electron chi connectivity index (χ3n) is 4.78. The maximum Gasteiger partial charge on any atom is 0.241 e. The van der Waals surface area contributed by atoms with E-state index in [9.17, 15) is 13.5 Å². The summed E-state index contributed by atoms with van der Waals surface area (Å²) in [5, 5.41) is 9.52. The van der Waals surface area contributed by atoms with Gasteiger partial charge in [-0.05, 0) is 37.3 Å². The van der Waals surface area contributed by atoms with E-state index in [4.69, 9.17) is 0 Å². The van der Waals surface area contributed by atoms with Crippen LogP contribution in [-0.2, 0) is 10.0 Å². The molecule has 0 saturated heterocycles. The van der Waals surface area contributed by atoms with Crippen LogP contribution in [0, 0.1) is 24.7 Å². The molecule has 4 atom stereocenters. The van der Waals surface area contributed by atoms with Crippen LogP contribution in [0.1, 0.15) is 12.0 Å². The van der Waals surface area contributed by atoms with E-state index in [1.165, 1.54) is 0 Å². The van der Waals surface area contributed by atoms with Gasteiger partial charge >= 0.3 is 0 Å². The number of hydrogen-bond donors (Lipinski definition) is 2. The zero-order valence-corrected chi connectivity index (χ0v) is 14.5. The highest BCUT2D eigenvalue weighted by atomic mass is 32.2. The summed E-state index contributed by atoms with van der Waals surface area (Å²) in [7, 11) is -3.57. The zero-order chi connectivity index (χ0) is 17.2. The van der Waals surface area contributed by atoms with Crippen molar-refractivity contribution in [1.29, 1.82) is 0 Å². The van der Waals surface area contributed by atoms with E-state index < -0.39 is 10.0 Å². The van der Waals surface area contributed by atoms with Crippen LogP contribution in [0.25, 0.3) is 0 Å². The fourth-order valence-electron chi connectivity index (χ4n) is 3.30. The molecule has 2 N–H and O–H groups in total. The fraction of sp³-hybridized carbons (Fsp3) is 0.368. The molecule has 0 amide bonds. The van der Waals surface area contributed by atoms with Gasteiger partial charge in [0.2, 0.25) is 10.0 Å². The number of nitrogens with one attached hydrogen (secondary N) is 1. The molecule has 0 aromatic heterocycles. The summed E-state index contributed by atoms with van der Waals surface area (Å²) in [4.78, 5) is 0.281. The summed E-state index contributed by atoms with van der Waals surface area (Å²) >= 11 is 0. The predicted octanol–water partition coefficient (Wildman–Crippen LogP) is 2.57. The van der Waals surface area contributed by atoms with Gasteiger partial charge in [-0.15, -0.1) is 0 Å². The third kappa shape index (κ3) is 3.69. The molecule has 0 unspecified atom stereocenters. The number of aryl methyl sites for hydroxylation is 1. The standard InChI is InChI=1S/C19H23NO3S/c1-14-6-10-18(11-7-14)24(22,23)20-19-5-3-2-4-17(13-21)15-8-9-16(19)12-15/h2-11,15-17,19-21H,12-13H2,1H3/b4-2?,5-3-/t15-,16+,17-,19-/m1/s1. The molecule has 4 nitrogen and oxygen atoms in total. The second-order valence-corrected chi connectivity index (χ2v) is 8.24. The first kappa shape index (κ1) is 17.1. The van der Waals surface area contributed by atoms with Crippen LogP contribution >= 0.6 is 0 Å². The van der Waals surface area contributed by atoms with Gasteiger partial charge < -0.3 is 5.11 Å². The topological polar surface area (TPSA) is 66.4 Å². The highest BCUT2D eigenvalue weighted by molar-refractivity contribution is 7.89. The van der Waals surface area contributed by atoms with E-state index in [1.54, 1.807) is 24.3 Å². The van der Waals surface area contributed by atoms with E-state index in [0.29, 0.717) is 0 Å². The quantitative estimate of drug-likeness (QED) is 0.824.